The molecule has 43 heavy (non-hydrogen) atoms. The SMILES string of the molecule is CC(C)(C)c1ccc(C(=O)NC(=O)COC(=O)c2c3c(nc4ccccc24)/C(=C\c2cccs2)C[C@H](C(C)(C)C)C3)cc1. The molecular weight excluding hydrogens is 556 g/mol. The fraction of sp³-hybridized carbons (Fsp3) is 0.333. The average molecular weight is 595 g/mol. The van der Waals surface area contributed by atoms with Crippen molar-refractivity contribution in [2.24, 2.45) is 11.3 Å². The third kappa shape index (κ3) is 6.78. The van der Waals surface area contributed by atoms with Crippen molar-refractivity contribution >= 4 is 51.7 Å². The van der Waals surface area contributed by atoms with Gasteiger partial charge in [-0.25, -0.2) is 9.78 Å². The lowest BCUT2D eigenvalue weighted by Gasteiger charge is -2.36. The van der Waals surface area contributed by atoms with Gasteiger partial charge in [0.25, 0.3) is 11.8 Å². The number of amides is 2. The highest BCUT2D eigenvalue weighted by atomic mass is 32.1. The first-order chi connectivity index (χ1) is 20.3. The van der Waals surface area contributed by atoms with E-state index in [1.54, 1.807) is 23.5 Å². The summed E-state index contributed by atoms with van der Waals surface area (Å²) in [5, 5.41) is 5.08. The molecule has 0 unspecified atom stereocenters. The molecule has 0 fully saturated rings. The number of aromatic nitrogens is 1. The van der Waals surface area contributed by atoms with E-state index < -0.39 is 24.4 Å². The number of hydrogen-bond acceptors (Lipinski definition) is 6. The van der Waals surface area contributed by atoms with Crippen molar-refractivity contribution in [1.82, 2.24) is 10.3 Å². The molecule has 1 aliphatic carbocycles. The Balaban J connectivity index is 1.42. The molecule has 1 N–H and O–H groups in total. The summed E-state index contributed by atoms with van der Waals surface area (Å²) < 4.78 is 5.58. The Morgan fingerprint density at radius 3 is 2.33 bits per heavy atom. The highest BCUT2D eigenvalue weighted by Crippen LogP contribution is 2.45. The van der Waals surface area contributed by atoms with Gasteiger partial charge in [0.15, 0.2) is 6.61 Å². The number of carbonyl (C=O) groups excluding carboxylic acids is 3. The first kappa shape index (κ1) is 30.4. The van der Waals surface area contributed by atoms with Crippen molar-refractivity contribution in [1.29, 1.82) is 0 Å². The van der Waals surface area contributed by atoms with Gasteiger partial charge in [-0.15, -0.1) is 11.3 Å². The molecule has 2 aromatic heterocycles. The van der Waals surface area contributed by atoms with Gasteiger partial charge in [-0.05, 0) is 82.0 Å². The first-order valence-electron chi connectivity index (χ1n) is 14.6. The number of nitrogens with zero attached hydrogens (tertiary/aromatic N) is 1. The second kappa shape index (κ2) is 11.9. The molecule has 7 heteroatoms. The molecule has 2 amide bonds. The average Bonchev–Trinajstić information content (AvgIpc) is 3.47. The van der Waals surface area contributed by atoms with E-state index in [9.17, 15) is 14.4 Å². The highest BCUT2D eigenvalue weighted by Gasteiger charge is 2.35. The number of nitrogens with one attached hydrogen (secondary N) is 1. The quantitative estimate of drug-likeness (QED) is 0.238. The minimum Gasteiger partial charge on any atom is -0.452 e. The number of fused-ring (bicyclic) bond motifs is 2. The van der Waals surface area contributed by atoms with Crippen LogP contribution in [0.4, 0.5) is 0 Å². The molecular formula is C36H38N2O4S. The minimum absolute atomic E-state index is 0.00954. The van der Waals surface area contributed by atoms with Crippen molar-refractivity contribution in [3.05, 3.63) is 98.9 Å². The molecule has 0 saturated carbocycles. The molecule has 0 aliphatic heterocycles. The molecule has 1 aliphatic rings. The van der Waals surface area contributed by atoms with Gasteiger partial charge in [0, 0.05) is 15.8 Å². The number of allylic oxidation sites excluding steroid dienone is 1. The molecule has 0 spiro atoms. The van der Waals surface area contributed by atoms with Crippen molar-refractivity contribution < 1.29 is 19.1 Å². The number of imide groups is 1. The van der Waals surface area contributed by atoms with E-state index in [4.69, 9.17) is 9.72 Å². The Kier molecular flexibility index (Phi) is 8.39. The van der Waals surface area contributed by atoms with Crippen molar-refractivity contribution in [3.63, 3.8) is 0 Å². The maximum Gasteiger partial charge on any atom is 0.339 e. The summed E-state index contributed by atoms with van der Waals surface area (Å²) in [4.78, 5) is 45.4. The van der Waals surface area contributed by atoms with Gasteiger partial charge in [0.2, 0.25) is 0 Å². The van der Waals surface area contributed by atoms with Crippen LogP contribution in [0.1, 0.15) is 90.4 Å². The molecule has 0 radical (unpaired) electrons. The third-order valence-corrected chi connectivity index (χ3v) is 8.92. The Hall–Kier alpha value is -4.10. The Morgan fingerprint density at radius 1 is 0.953 bits per heavy atom. The standard InChI is InChI=1S/C36H38N2O4S/c1-35(2,3)24-15-13-22(14-16-24)33(40)38-30(39)21-42-34(41)31-27-11-7-8-12-29(27)37-32-23(19-26-10-9-17-43-26)18-25(20-28(31)32)36(4,5)6/h7-17,19,25H,18,20-21H2,1-6H3,(H,38,39,40)/b23-19-/t25-/m0/s1. The largest absolute Gasteiger partial charge is 0.452 e. The van der Waals surface area contributed by atoms with Crippen LogP contribution < -0.4 is 5.32 Å². The Labute approximate surface area is 257 Å². The normalized spacial score (nSPS) is 16.1. The van der Waals surface area contributed by atoms with E-state index >= 15 is 0 Å². The molecule has 0 bridgehead atoms. The van der Waals surface area contributed by atoms with Crippen LogP contribution in [0.3, 0.4) is 0 Å². The lowest BCUT2D eigenvalue weighted by atomic mass is 9.69. The predicted octanol–water partition coefficient (Wildman–Crippen LogP) is 7.86. The zero-order valence-corrected chi connectivity index (χ0v) is 26.4. The fourth-order valence-electron chi connectivity index (χ4n) is 5.47. The van der Waals surface area contributed by atoms with E-state index in [1.807, 2.05) is 47.8 Å². The van der Waals surface area contributed by atoms with Crippen LogP contribution >= 0.6 is 11.3 Å². The Morgan fingerprint density at radius 2 is 1.67 bits per heavy atom. The second-order valence-electron chi connectivity index (χ2n) is 13.3. The number of thiophene rings is 1. The van der Waals surface area contributed by atoms with Gasteiger partial charge in [0.1, 0.15) is 0 Å². The molecule has 5 rings (SSSR count). The van der Waals surface area contributed by atoms with Crippen molar-refractivity contribution in [2.75, 3.05) is 6.61 Å². The second-order valence-corrected chi connectivity index (χ2v) is 14.2. The number of esters is 1. The van der Waals surface area contributed by atoms with Gasteiger partial charge in [0.05, 0.1) is 16.8 Å². The summed E-state index contributed by atoms with van der Waals surface area (Å²) in [5.74, 6) is -1.55. The number of benzene rings is 2. The van der Waals surface area contributed by atoms with Crippen LogP contribution in [0, 0.1) is 11.3 Å². The number of pyridine rings is 1. The smallest absolute Gasteiger partial charge is 0.339 e. The van der Waals surface area contributed by atoms with E-state index in [1.165, 1.54) is 0 Å². The van der Waals surface area contributed by atoms with E-state index in [2.05, 4.69) is 59.0 Å². The maximum absolute atomic E-state index is 13.8. The molecule has 6 nitrogen and oxygen atoms in total. The predicted molar refractivity (Wildman–Crippen MR) is 173 cm³/mol. The van der Waals surface area contributed by atoms with Crippen molar-refractivity contribution in [2.45, 2.75) is 59.8 Å². The van der Waals surface area contributed by atoms with Gasteiger partial charge < -0.3 is 4.74 Å². The number of carbonyl (C=O) groups is 3. The van der Waals surface area contributed by atoms with Crippen LogP contribution in [-0.2, 0) is 21.4 Å². The molecule has 222 valence electrons. The zero-order valence-electron chi connectivity index (χ0n) is 25.6. The van der Waals surface area contributed by atoms with Crippen LogP contribution in [0.25, 0.3) is 22.6 Å². The highest BCUT2D eigenvalue weighted by molar-refractivity contribution is 7.10. The number of hydrogen-bond donors (Lipinski definition) is 1. The van der Waals surface area contributed by atoms with E-state index in [-0.39, 0.29) is 16.7 Å². The lowest BCUT2D eigenvalue weighted by Crippen LogP contribution is -2.34. The Bertz CT molecular complexity index is 1710. The van der Waals surface area contributed by atoms with Crippen molar-refractivity contribution in [3.8, 4) is 0 Å². The van der Waals surface area contributed by atoms with Crippen LogP contribution in [0.5, 0.6) is 0 Å². The van der Waals surface area contributed by atoms with Crippen LogP contribution in [0.2, 0.25) is 0 Å². The summed E-state index contributed by atoms with van der Waals surface area (Å²) in [7, 11) is 0. The number of ether oxygens (including phenoxy) is 1. The van der Waals surface area contributed by atoms with E-state index in [0.717, 1.165) is 33.7 Å². The van der Waals surface area contributed by atoms with Gasteiger partial charge >= 0.3 is 5.97 Å². The van der Waals surface area contributed by atoms with Gasteiger partial charge in [-0.3, -0.25) is 14.9 Å². The lowest BCUT2D eigenvalue weighted by molar-refractivity contribution is -0.123. The van der Waals surface area contributed by atoms with E-state index in [0.29, 0.717) is 28.5 Å². The zero-order chi connectivity index (χ0) is 30.9. The summed E-state index contributed by atoms with van der Waals surface area (Å²) in [6.07, 6.45) is 3.68. The maximum atomic E-state index is 13.8. The summed E-state index contributed by atoms with van der Waals surface area (Å²) in [5.41, 5.74) is 5.24. The molecule has 0 saturated heterocycles. The molecule has 2 aromatic carbocycles. The van der Waals surface area contributed by atoms with Gasteiger partial charge in [-0.2, -0.15) is 0 Å². The number of para-hydroxylation sites is 1. The molecule has 2 heterocycles. The van der Waals surface area contributed by atoms with Gasteiger partial charge in [-0.1, -0.05) is 77.9 Å². The fourth-order valence-corrected chi connectivity index (χ4v) is 6.16. The topological polar surface area (TPSA) is 85.4 Å². The summed E-state index contributed by atoms with van der Waals surface area (Å²) in [6, 6.07) is 18.8. The first-order valence-corrected chi connectivity index (χ1v) is 15.5. The summed E-state index contributed by atoms with van der Waals surface area (Å²) >= 11 is 1.66. The minimum atomic E-state index is -0.684. The van der Waals surface area contributed by atoms with Crippen LogP contribution in [0.15, 0.2) is 66.0 Å². The monoisotopic (exact) mass is 594 g/mol. The third-order valence-electron chi connectivity index (χ3n) is 8.10. The molecule has 1 atom stereocenters. The summed E-state index contributed by atoms with van der Waals surface area (Å²) in [6.45, 7) is 12.4. The van der Waals surface area contributed by atoms with Crippen LogP contribution in [-0.4, -0.2) is 29.4 Å². The number of rotatable bonds is 5. The molecule has 4 aromatic rings.